The third-order valence-electron chi connectivity index (χ3n) is 6.70. The number of aromatic nitrogens is 3. The van der Waals surface area contributed by atoms with Crippen molar-refractivity contribution in [2.45, 2.75) is 6.92 Å². The van der Waals surface area contributed by atoms with E-state index in [0.717, 1.165) is 56.2 Å². The number of rotatable bonds is 5. The summed E-state index contributed by atoms with van der Waals surface area (Å²) in [4.78, 5) is 11.9. The Morgan fingerprint density at radius 3 is 2.23 bits per heavy atom. The molecule has 0 N–H and O–H groups in total. The van der Waals surface area contributed by atoms with E-state index in [1.54, 1.807) is 0 Å². The zero-order valence-corrected chi connectivity index (χ0v) is 23.3. The Kier molecular flexibility index (Phi) is 6.60. The van der Waals surface area contributed by atoms with Crippen LogP contribution >= 0.6 is 0 Å². The number of benzene rings is 5. The quantitative estimate of drug-likeness (QED) is 0.0807. The first kappa shape index (κ1) is 24.8. The molecule has 0 unspecified atom stereocenters. The topological polar surface area (TPSA) is 37.8 Å². The number of hydrogen-bond acceptors (Lipinski definition) is 2. The van der Waals surface area contributed by atoms with E-state index in [9.17, 15) is 0 Å². The Morgan fingerprint density at radius 1 is 0.744 bits per heavy atom. The van der Waals surface area contributed by atoms with E-state index in [4.69, 9.17) is 9.98 Å². The van der Waals surface area contributed by atoms with Crippen molar-refractivity contribution in [3.63, 3.8) is 0 Å². The summed E-state index contributed by atoms with van der Waals surface area (Å²) in [6.45, 7) is 2.08. The minimum absolute atomic E-state index is 0. The Bertz CT molecular complexity index is 1940. The van der Waals surface area contributed by atoms with Crippen LogP contribution in [0.25, 0.3) is 33.5 Å². The molecular weight excluding hydrogens is 661 g/mol. The van der Waals surface area contributed by atoms with Gasteiger partial charge in [-0.05, 0) is 30.8 Å². The van der Waals surface area contributed by atoms with Crippen molar-refractivity contribution in [2.75, 3.05) is 4.90 Å². The Balaban J connectivity index is 0.00000277. The summed E-state index contributed by atoms with van der Waals surface area (Å²) in [6.07, 6.45) is 3.29. The molecule has 39 heavy (non-hydrogen) atoms. The fourth-order valence-corrected chi connectivity index (χ4v) is 4.94. The maximum atomic E-state index is 5.12. The van der Waals surface area contributed by atoms with Gasteiger partial charge >= 0.3 is 0 Å². The van der Waals surface area contributed by atoms with Crippen molar-refractivity contribution in [2.24, 2.45) is 4.99 Å². The molecule has 0 atom stereocenters. The maximum absolute atomic E-state index is 5.12. The Labute approximate surface area is 240 Å². The molecule has 6 heteroatoms. The molecule has 7 aromatic rings. The largest absolute Gasteiger partial charge is 0.442 e. The van der Waals surface area contributed by atoms with Gasteiger partial charge in [-0.15, -0.1) is 6.07 Å². The van der Waals surface area contributed by atoms with E-state index in [1.165, 1.54) is 0 Å². The van der Waals surface area contributed by atoms with Crippen LogP contribution in [0.15, 0.2) is 120 Å². The average molecular weight is 684 g/mol. The van der Waals surface area contributed by atoms with Crippen LogP contribution in [0.2, 0.25) is 0 Å². The Morgan fingerprint density at radius 2 is 1.46 bits per heavy atom. The van der Waals surface area contributed by atoms with E-state index < -0.39 is 0 Å². The van der Waals surface area contributed by atoms with Gasteiger partial charge in [0.15, 0.2) is 0 Å². The summed E-state index contributed by atoms with van der Waals surface area (Å²) >= 11 is 0. The smallest absolute Gasteiger partial charge is 0.218 e. The minimum Gasteiger partial charge on any atom is -0.442 e. The molecule has 0 fully saturated rings. The van der Waals surface area contributed by atoms with Crippen LogP contribution < -0.4 is 4.90 Å². The molecule has 0 aliphatic heterocycles. The summed E-state index contributed by atoms with van der Waals surface area (Å²) < 4.78 is 4.33. The predicted octanol–water partition coefficient (Wildman–Crippen LogP) is 7.71. The van der Waals surface area contributed by atoms with Gasteiger partial charge in [0.05, 0.1) is 22.1 Å². The van der Waals surface area contributed by atoms with Crippen molar-refractivity contribution >= 4 is 51.2 Å². The zero-order valence-electron chi connectivity index (χ0n) is 21.0. The standard InChI is InChI=1S/C33H22N5.Pt/c1-24-13-8-9-19-28(24)36(25-14-4-2-5-15-25)23-34-27-18-12-22-31-32(27)35-33-37(26-16-6-3-7-17-26)29-20-10-11-21-30(29)38(31)33;/h2-14,16,18-22H,1H3;/q-3;. The molecule has 0 radical (unpaired) electrons. The van der Waals surface area contributed by atoms with Crippen molar-refractivity contribution in [3.05, 3.63) is 133 Å². The van der Waals surface area contributed by atoms with Crippen LogP contribution in [-0.2, 0) is 21.1 Å². The summed E-state index contributed by atoms with van der Waals surface area (Å²) in [5.41, 5.74) is 8.62. The van der Waals surface area contributed by atoms with E-state index in [2.05, 4.69) is 82.9 Å². The monoisotopic (exact) mass is 683 g/mol. The van der Waals surface area contributed by atoms with E-state index in [1.807, 2.05) is 71.6 Å². The third-order valence-corrected chi connectivity index (χ3v) is 6.70. The first-order valence-electron chi connectivity index (χ1n) is 12.5. The van der Waals surface area contributed by atoms with Crippen LogP contribution in [-0.4, -0.2) is 20.3 Å². The van der Waals surface area contributed by atoms with Gasteiger partial charge < -0.3 is 14.5 Å². The summed E-state index contributed by atoms with van der Waals surface area (Å²) in [6, 6.07) is 45.1. The minimum atomic E-state index is 0. The second kappa shape index (κ2) is 10.4. The van der Waals surface area contributed by atoms with E-state index in [0.29, 0.717) is 0 Å². The molecular formula is C33H22N5Pt-3. The molecule has 0 saturated heterocycles. The summed E-state index contributed by atoms with van der Waals surface area (Å²) in [7, 11) is 0. The number of fused-ring (bicyclic) bond motifs is 5. The van der Waals surface area contributed by atoms with E-state index >= 15 is 0 Å². The number of aliphatic imine (C=N–C) groups is 1. The number of imidazole rings is 2. The molecule has 0 aliphatic rings. The first-order valence-corrected chi connectivity index (χ1v) is 12.5. The van der Waals surface area contributed by atoms with Crippen molar-refractivity contribution in [3.8, 4) is 5.69 Å². The molecule has 0 bridgehead atoms. The molecule has 0 amide bonds. The van der Waals surface area contributed by atoms with Gasteiger partial charge in [0.1, 0.15) is 0 Å². The number of nitrogens with zero attached hydrogens (tertiary/aromatic N) is 5. The van der Waals surface area contributed by atoms with Gasteiger partial charge in [0, 0.05) is 33.1 Å². The van der Waals surface area contributed by atoms with Gasteiger partial charge in [-0.25, -0.2) is 11.1 Å². The van der Waals surface area contributed by atoms with Crippen LogP contribution in [0.1, 0.15) is 5.56 Å². The molecule has 0 saturated carbocycles. The van der Waals surface area contributed by atoms with Gasteiger partial charge in [0.2, 0.25) is 5.78 Å². The molecule has 192 valence electrons. The first-order chi connectivity index (χ1) is 18.8. The van der Waals surface area contributed by atoms with Gasteiger partial charge in [-0.2, -0.15) is 54.2 Å². The molecule has 5 aromatic carbocycles. The summed E-state index contributed by atoms with van der Waals surface area (Å²) in [5.74, 6) is 0.818. The number of hydrogen-bond donors (Lipinski definition) is 0. The number of para-hydroxylation sites is 6. The van der Waals surface area contributed by atoms with Crippen LogP contribution in [0.3, 0.4) is 0 Å². The average Bonchev–Trinajstić information content (AvgIpc) is 3.50. The molecule has 7 rings (SSSR count). The normalized spacial score (nSPS) is 11.4. The van der Waals surface area contributed by atoms with Crippen molar-refractivity contribution < 1.29 is 21.1 Å². The van der Waals surface area contributed by atoms with Crippen molar-refractivity contribution in [1.29, 1.82) is 0 Å². The van der Waals surface area contributed by atoms with Crippen LogP contribution in [0, 0.1) is 19.1 Å². The SMILES string of the molecule is Cc1ccccc1N([C-]=Nc1cccc2c1nc1n(-c3[c-]cccc3)c3ccccc3n21)c1[c-]cccc1.[Pt]. The maximum Gasteiger partial charge on any atom is 0.218 e. The summed E-state index contributed by atoms with van der Waals surface area (Å²) in [5, 5.41) is 0. The van der Waals surface area contributed by atoms with Gasteiger partial charge in [0.25, 0.3) is 0 Å². The molecule has 0 aliphatic carbocycles. The third kappa shape index (κ3) is 4.25. The predicted molar refractivity (Wildman–Crippen MR) is 154 cm³/mol. The molecule has 2 aromatic heterocycles. The fraction of sp³-hybridized carbons (Fsp3) is 0.0303. The molecule has 2 heterocycles. The molecule has 5 nitrogen and oxygen atoms in total. The number of anilines is 2. The van der Waals surface area contributed by atoms with Crippen LogP contribution in [0.4, 0.5) is 17.1 Å². The number of aryl methyl sites for hydroxylation is 1. The van der Waals surface area contributed by atoms with Crippen molar-refractivity contribution in [1.82, 2.24) is 14.0 Å². The van der Waals surface area contributed by atoms with Gasteiger partial charge in [-0.3, -0.25) is 4.40 Å². The van der Waals surface area contributed by atoms with E-state index in [-0.39, 0.29) is 21.1 Å². The Hall–Kier alpha value is -4.47. The fourth-order valence-electron chi connectivity index (χ4n) is 4.94. The second-order valence-electron chi connectivity index (χ2n) is 9.05. The zero-order chi connectivity index (χ0) is 25.5. The molecule has 0 spiro atoms. The second-order valence-corrected chi connectivity index (χ2v) is 9.05. The van der Waals surface area contributed by atoms with Crippen LogP contribution in [0.5, 0.6) is 0 Å². The van der Waals surface area contributed by atoms with Gasteiger partial charge in [-0.1, -0.05) is 59.8 Å².